The van der Waals surface area contributed by atoms with Gasteiger partial charge in [-0.1, -0.05) is 12.1 Å². The number of benzene rings is 1. The fourth-order valence-corrected chi connectivity index (χ4v) is 2.82. The number of nitrogens with zero attached hydrogens (tertiary/aromatic N) is 2. The van der Waals surface area contributed by atoms with Crippen LogP contribution in [0.2, 0.25) is 0 Å². The van der Waals surface area contributed by atoms with Crippen LogP contribution in [0.15, 0.2) is 24.3 Å². The first-order chi connectivity index (χ1) is 11.8. The van der Waals surface area contributed by atoms with E-state index in [1.165, 1.54) is 25.9 Å². The number of rotatable bonds is 7. The zero-order chi connectivity index (χ0) is 18.3. The molecule has 5 heteroatoms. The number of hydrogen-bond donors (Lipinski definition) is 0. The van der Waals surface area contributed by atoms with Crippen molar-refractivity contribution in [2.45, 2.75) is 45.6 Å². The molecule has 0 aromatic heterocycles. The monoisotopic (exact) mass is 348 g/mol. The lowest BCUT2D eigenvalue weighted by Crippen LogP contribution is -2.35. The molecule has 0 saturated carbocycles. The Hall–Kier alpha value is -1.75. The summed E-state index contributed by atoms with van der Waals surface area (Å²) in [7, 11) is 1.77. The Labute approximate surface area is 151 Å². The van der Waals surface area contributed by atoms with Crippen molar-refractivity contribution in [3.8, 4) is 5.75 Å². The Kier molecular flexibility index (Phi) is 7.12. The zero-order valence-corrected chi connectivity index (χ0v) is 16.1. The van der Waals surface area contributed by atoms with E-state index in [0.29, 0.717) is 6.54 Å². The second kappa shape index (κ2) is 9.09. The van der Waals surface area contributed by atoms with E-state index in [2.05, 4.69) is 17.0 Å². The summed E-state index contributed by atoms with van der Waals surface area (Å²) in [4.78, 5) is 16.0. The smallest absolute Gasteiger partial charge is 0.410 e. The quantitative estimate of drug-likeness (QED) is 0.755. The summed E-state index contributed by atoms with van der Waals surface area (Å²) >= 11 is 0. The molecule has 0 aliphatic carbocycles. The topological polar surface area (TPSA) is 42.0 Å². The molecule has 0 unspecified atom stereocenters. The lowest BCUT2D eigenvalue weighted by molar-refractivity contribution is 0.0301. The van der Waals surface area contributed by atoms with E-state index in [9.17, 15) is 4.79 Å². The third kappa shape index (κ3) is 7.34. The number of hydrogen-bond acceptors (Lipinski definition) is 4. The van der Waals surface area contributed by atoms with E-state index in [1.54, 1.807) is 11.9 Å². The van der Waals surface area contributed by atoms with Gasteiger partial charge in [0.05, 0.1) is 0 Å². The van der Waals surface area contributed by atoms with Gasteiger partial charge in [0.25, 0.3) is 0 Å². The number of amides is 1. The van der Waals surface area contributed by atoms with Crippen LogP contribution in [0.1, 0.15) is 39.2 Å². The minimum absolute atomic E-state index is 0.287. The Morgan fingerprint density at radius 3 is 2.64 bits per heavy atom. The van der Waals surface area contributed by atoms with Crippen LogP contribution >= 0.6 is 0 Å². The molecule has 0 radical (unpaired) electrons. The molecular formula is C20H32N2O3. The molecule has 1 saturated heterocycles. The van der Waals surface area contributed by atoms with Crippen LogP contribution in [0, 0.1) is 0 Å². The van der Waals surface area contributed by atoms with Crippen LogP contribution in [-0.2, 0) is 11.2 Å². The van der Waals surface area contributed by atoms with E-state index in [1.807, 2.05) is 32.9 Å². The first-order valence-electron chi connectivity index (χ1n) is 9.22. The summed E-state index contributed by atoms with van der Waals surface area (Å²) < 4.78 is 11.3. The van der Waals surface area contributed by atoms with Gasteiger partial charge in [-0.25, -0.2) is 4.79 Å². The minimum atomic E-state index is -0.464. The Morgan fingerprint density at radius 1 is 1.24 bits per heavy atom. The molecule has 1 aromatic carbocycles. The minimum Gasteiger partial charge on any atom is -0.492 e. The predicted molar refractivity (Wildman–Crippen MR) is 100 cm³/mol. The Balaban J connectivity index is 1.75. The molecule has 2 rings (SSSR count). The van der Waals surface area contributed by atoms with Crippen LogP contribution in [-0.4, -0.2) is 61.3 Å². The summed E-state index contributed by atoms with van der Waals surface area (Å²) in [5.74, 6) is 0.900. The summed E-state index contributed by atoms with van der Waals surface area (Å²) in [6.07, 6.45) is 3.10. The SMILES string of the molecule is CN(CCc1cccc(OCCN2CCCC2)c1)C(=O)OC(C)(C)C. The van der Waals surface area contributed by atoms with Gasteiger partial charge in [0.1, 0.15) is 18.0 Å². The molecule has 1 heterocycles. The number of carbonyl (C=O) groups excluding carboxylic acids is 1. The highest BCUT2D eigenvalue weighted by molar-refractivity contribution is 5.67. The van der Waals surface area contributed by atoms with E-state index in [0.717, 1.165) is 30.9 Å². The zero-order valence-electron chi connectivity index (χ0n) is 16.1. The number of likely N-dealkylation sites (N-methyl/N-ethyl adjacent to an activating group) is 1. The third-order valence-corrected chi connectivity index (χ3v) is 4.21. The first kappa shape index (κ1) is 19.6. The molecule has 1 fully saturated rings. The predicted octanol–water partition coefficient (Wildman–Crippen LogP) is 3.57. The second-order valence-corrected chi connectivity index (χ2v) is 7.70. The summed E-state index contributed by atoms with van der Waals surface area (Å²) in [6.45, 7) is 10.4. The van der Waals surface area contributed by atoms with Gasteiger partial charge in [0.15, 0.2) is 0 Å². The molecule has 0 N–H and O–H groups in total. The maximum atomic E-state index is 12.0. The highest BCUT2D eigenvalue weighted by atomic mass is 16.6. The van der Waals surface area contributed by atoms with Crippen molar-refractivity contribution in [1.82, 2.24) is 9.80 Å². The van der Waals surface area contributed by atoms with Gasteiger partial charge in [-0.2, -0.15) is 0 Å². The van der Waals surface area contributed by atoms with Gasteiger partial charge < -0.3 is 14.4 Å². The van der Waals surface area contributed by atoms with Crippen LogP contribution in [0.4, 0.5) is 4.79 Å². The van der Waals surface area contributed by atoms with Crippen molar-refractivity contribution in [3.63, 3.8) is 0 Å². The fraction of sp³-hybridized carbons (Fsp3) is 0.650. The van der Waals surface area contributed by atoms with Gasteiger partial charge in [-0.15, -0.1) is 0 Å². The maximum Gasteiger partial charge on any atom is 0.410 e. The fourth-order valence-electron chi connectivity index (χ4n) is 2.82. The second-order valence-electron chi connectivity index (χ2n) is 7.70. The van der Waals surface area contributed by atoms with Crippen molar-refractivity contribution in [3.05, 3.63) is 29.8 Å². The Bertz CT molecular complexity index is 548. The average molecular weight is 348 g/mol. The van der Waals surface area contributed by atoms with Crippen LogP contribution < -0.4 is 4.74 Å². The molecule has 1 aliphatic heterocycles. The normalized spacial score (nSPS) is 15.2. The lowest BCUT2D eigenvalue weighted by Gasteiger charge is -2.24. The molecule has 140 valence electrons. The van der Waals surface area contributed by atoms with Gasteiger partial charge in [0.2, 0.25) is 0 Å². The van der Waals surface area contributed by atoms with E-state index in [4.69, 9.17) is 9.47 Å². The van der Waals surface area contributed by atoms with E-state index >= 15 is 0 Å². The van der Waals surface area contributed by atoms with Crippen LogP contribution in [0.5, 0.6) is 5.75 Å². The molecule has 0 bridgehead atoms. The standard InChI is InChI=1S/C20H32N2O3/c1-20(2,3)25-19(23)21(4)13-10-17-8-7-9-18(16-17)24-15-14-22-11-5-6-12-22/h7-9,16H,5-6,10-15H2,1-4H3. The maximum absolute atomic E-state index is 12.0. The number of likely N-dealkylation sites (tertiary alicyclic amines) is 1. The molecule has 1 amide bonds. The van der Waals surface area contributed by atoms with Crippen molar-refractivity contribution in [2.75, 3.05) is 39.8 Å². The van der Waals surface area contributed by atoms with E-state index in [-0.39, 0.29) is 6.09 Å². The van der Waals surface area contributed by atoms with Gasteiger partial charge in [-0.3, -0.25) is 4.90 Å². The van der Waals surface area contributed by atoms with Gasteiger partial charge in [0, 0.05) is 20.1 Å². The largest absolute Gasteiger partial charge is 0.492 e. The first-order valence-corrected chi connectivity index (χ1v) is 9.22. The van der Waals surface area contributed by atoms with E-state index < -0.39 is 5.60 Å². The van der Waals surface area contributed by atoms with Crippen LogP contribution in [0.3, 0.4) is 0 Å². The third-order valence-electron chi connectivity index (χ3n) is 4.21. The highest BCUT2D eigenvalue weighted by Crippen LogP contribution is 2.15. The highest BCUT2D eigenvalue weighted by Gasteiger charge is 2.19. The molecule has 1 aromatic rings. The average Bonchev–Trinajstić information content (AvgIpc) is 3.05. The number of ether oxygens (including phenoxy) is 2. The number of carbonyl (C=O) groups is 1. The van der Waals surface area contributed by atoms with Gasteiger partial charge >= 0.3 is 6.09 Å². The molecule has 0 atom stereocenters. The Morgan fingerprint density at radius 2 is 1.96 bits per heavy atom. The van der Waals surface area contributed by atoms with Gasteiger partial charge in [-0.05, 0) is 70.8 Å². The summed E-state index contributed by atoms with van der Waals surface area (Å²) in [5, 5.41) is 0. The summed E-state index contributed by atoms with van der Waals surface area (Å²) in [5.41, 5.74) is 0.697. The van der Waals surface area contributed by atoms with Crippen molar-refractivity contribution < 1.29 is 14.3 Å². The molecule has 0 spiro atoms. The molecular weight excluding hydrogens is 316 g/mol. The van der Waals surface area contributed by atoms with Crippen molar-refractivity contribution in [2.24, 2.45) is 0 Å². The lowest BCUT2D eigenvalue weighted by atomic mass is 10.1. The molecule has 5 nitrogen and oxygen atoms in total. The van der Waals surface area contributed by atoms with Crippen molar-refractivity contribution >= 4 is 6.09 Å². The van der Waals surface area contributed by atoms with Crippen LogP contribution in [0.25, 0.3) is 0 Å². The molecule has 25 heavy (non-hydrogen) atoms. The molecule has 1 aliphatic rings. The van der Waals surface area contributed by atoms with Crippen molar-refractivity contribution in [1.29, 1.82) is 0 Å². The summed E-state index contributed by atoms with van der Waals surface area (Å²) in [6, 6.07) is 8.13.